The molecule has 0 aliphatic carbocycles. The molecular formula is C16H19BrFNO4. The molecule has 1 aromatic rings. The minimum atomic E-state index is -0.597. The summed E-state index contributed by atoms with van der Waals surface area (Å²) in [5.41, 5.74) is -0.0175. The molecule has 5 nitrogen and oxygen atoms in total. The van der Waals surface area contributed by atoms with Crippen molar-refractivity contribution in [3.05, 3.63) is 34.1 Å². The van der Waals surface area contributed by atoms with Crippen LogP contribution >= 0.6 is 15.9 Å². The summed E-state index contributed by atoms with van der Waals surface area (Å²) in [6, 6.07) is 4.29. The maximum absolute atomic E-state index is 14.0. The third kappa shape index (κ3) is 5.00. The number of benzene rings is 1. The van der Waals surface area contributed by atoms with E-state index in [0.29, 0.717) is 17.6 Å². The maximum Gasteiger partial charge on any atom is 0.307 e. The lowest BCUT2D eigenvalue weighted by Gasteiger charge is -2.25. The number of ether oxygens (including phenoxy) is 2. The predicted octanol–water partition coefficient (Wildman–Crippen LogP) is 2.77. The number of carbonyl (C=O) groups excluding carboxylic acids is 2. The molecule has 1 aliphatic rings. The van der Waals surface area contributed by atoms with Crippen LogP contribution in [0.4, 0.5) is 4.39 Å². The van der Waals surface area contributed by atoms with Crippen LogP contribution in [0.15, 0.2) is 22.7 Å². The van der Waals surface area contributed by atoms with Gasteiger partial charge in [0.25, 0.3) is 5.91 Å². The quantitative estimate of drug-likeness (QED) is 0.704. The Hall–Kier alpha value is -1.47. The van der Waals surface area contributed by atoms with Crippen molar-refractivity contribution in [3.8, 4) is 0 Å². The van der Waals surface area contributed by atoms with Crippen molar-refractivity contribution in [1.82, 2.24) is 4.90 Å². The smallest absolute Gasteiger partial charge is 0.307 e. The predicted molar refractivity (Wildman–Crippen MR) is 85.6 cm³/mol. The lowest BCUT2D eigenvalue weighted by atomic mass is 10.1. The van der Waals surface area contributed by atoms with Gasteiger partial charge in [0.1, 0.15) is 5.82 Å². The number of hydrogen-bond acceptors (Lipinski definition) is 4. The zero-order valence-corrected chi connectivity index (χ0v) is 14.5. The van der Waals surface area contributed by atoms with Gasteiger partial charge in [-0.2, -0.15) is 0 Å². The molecule has 1 atom stereocenters. The fourth-order valence-corrected chi connectivity index (χ4v) is 2.80. The minimum absolute atomic E-state index is 0.0175. The molecule has 1 aliphatic heterocycles. The van der Waals surface area contributed by atoms with Crippen LogP contribution < -0.4 is 0 Å². The van der Waals surface area contributed by atoms with Crippen LogP contribution in [0.25, 0.3) is 0 Å². The van der Waals surface area contributed by atoms with Gasteiger partial charge in [-0.1, -0.05) is 15.9 Å². The Labute approximate surface area is 142 Å². The zero-order chi connectivity index (χ0) is 16.8. The normalized spacial score (nSPS) is 17.1. The highest BCUT2D eigenvalue weighted by molar-refractivity contribution is 9.10. The van der Waals surface area contributed by atoms with Gasteiger partial charge in [-0.3, -0.25) is 9.59 Å². The molecule has 0 aromatic heterocycles. The molecule has 7 heteroatoms. The number of methoxy groups -OCH3 is 1. The van der Waals surface area contributed by atoms with E-state index < -0.39 is 17.7 Å². The molecule has 2 rings (SSSR count). The van der Waals surface area contributed by atoms with Gasteiger partial charge in [-0.05, 0) is 31.0 Å². The van der Waals surface area contributed by atoms with Gasteiger partial charge in [0.2, 0.25) is 0 Å². The molecule has 1 heterocycles. The first-order chi connectivity index (χ1) is 11.0. The van der Waals surface area contributed by atoms with E-state index in [1.807, 2.05) is 0 Å². The van der Waals surface area contributed by atoms with Gasteiger partial charge in [-0.25, -0.2) is 4.39 Å². The van der Waals surface area contributed by atoms with Crippen molar-refractivity contribution in [3.63, 3.8) is 0 Å². The number of rotatable bonds is 6. The van der Waals surface area contributed by atoms with Crippen LogP contribution in [0, 0.1) is 5.82 Å². The summed E-state index contributed by atoms with van der Waals surface area (Å²) in [6.45, 7) is 1.17. The number of carbonyl (C=O) groups is 2. The van der Waals surface area contributed by atoms with Crippen LogP contribution in [-0.2, 0) is 14.3 Å². The molecule has 0 bridgehead atoms. The highest BCUT2D eigenvalue weighted by Crippen LogP contribution is 2.19. The SMILES string of the molecule is COC(=O)CCN(CC1CCCO1)C(=O)c1ccc(Br)cc1F. The van der Waals surface area contributed by atoms with Gasteiger partial charge >= 0.3 is 5.97 Å². The molecule has 1 fully saturated rings. The van der Waals surface area contributed by atoms with Crippen molar-refractivity contribution >= 4 is 27.8 Å². The van der Waals surface area contributed by atoms with E-state index in [1.54, 1.807) is 6.07 Å². The first-order valence-electron chi connectivity index (χ1n) is 7.44. The first kappa shape index (κ1) is 17.9. The van der Waals surface area contributed by atoms with Crippen molar-refractivity contribution in [2.75, 3.05) is 26.8 Å². The summed E-state index contributed by atoms with van der Waals surface area (Å²) in [7, 11) is 1.29. The van der Waals surface area contributed by atoms with Gasteiger partial charge in [0.15, 0.2) is 0 Å². The molecule has 126 valence electrons. The summed E-state index contributed by atoms with van der Waals surface area (Å²) in [5.74, 6) is -1.46. The second-order valence-electron chi connectivity index (χ2n) is 5.34. The van der Waals surface area contributed by atoms with Crippen LogP contribution in [0.1, 0.15) is 29.6 Å². The molecule has 23 heavy (non-hydrogen) atoms. The average Bonchev–Trinajstić information content (AvgIpc) is 3.03. The standard InChI is InChI=1S/C16H19BrFNO4/c1-22-15(20)6-7-19(10-12-3-2-8-23-12)16(21)13-5-4-11(17)9-14(13)18/h4-5,9,12H,2-3,6-8,10H2,1H3. The summed E-state index contributed by atoms with van der Waals surface area (Å²) < 4.78 is 24.7. The Balaban J connectivity index is 2.12. The van der Waals surface area contributed by atoms with E-state index >= 15 is 0 Å². The Morgan fingerprint density at radius 3 is 2.87 bits per heavy atom. The third-order valence-electron chi connectivity index (χ3n) is 3.71. The van der Waals surface area contributed by atoms with Crippen molar-refractivity contribution in [2.45, 2.75) is 25.4 Å². The maximum atomic E-state index is 14.0. The van der Waals surface area contributed by atoms with Gasteiger partial charge < -0.3 is 14.4 Å². The number of halogens is 2. The molecule has 1 aromatic carbocycles. The zero-order valence-electron chi connectivity index (χ0n) is 12.9. The van der Waals surface area contributed by atoms with Gasteiger partial charge in [-0.15, -0.1) is 0 Å². The van der Waals surface area contributed by atoms with E-state index in [1.165, 1.54) is 24.1 Å². The van der Waals surface area contributed by atoms with E-state index in [2.05, 4.69) is 20.7 Å². The van der Waals surface area contributed by atoms with E-state index in [4.69, 9.17) is 4.74 Å². The van der Waals surface area contributed by atoms with E-state index in [9.17, 15) is 14.0 Å². The Morgan fingerprint density at radius 1 is 1.48 bits per heavy atom. The fourth-order valence-electron chi connectivity index (χ4n) is 2.47. The van der Waals surface area contributed by atoms with Crippen LogP contribution in [0.3, 0.4) is 0 Å². The lowest BCUT2D eigenvalue weighted by Crippen LogP contribution is -2.39. The third-order valence-corrected chi connectivity index (χ3v) is 4.20. The second-order valence-corrected chi connectivity index (χ2v) is 6.25. The highest BCUT2D eigenvalue weighted by Gasteiger charge is 2.25. The van der Waals surface area contributed by atoms with E-state index in [-0.39, 0.29) is 24.6 Å². The Morgan fingerprint density at radius 2 is 2.26 bits per heavy atom. The van der Waals surface area contributed by atoms with Crippen molar-refractivity contribution in [2.24, 2.45) is 0 Å². The van der Waals surface area contributed by atoms with E-state index in [0.717, 1.165) is 12.8 Å². The summed E-state index contributed by atoms with van der Waals surface area (Å²) in [4.78, 5) is 25.4. The largest absolute Gasteiger partial charge is 0.469 e. The number of nitrogens with zero attached hydrogens (tertiary/aromatic N) is 1. The van der Waals surface area contributed by atoms with Crippen molar-refractivity contribution < 1.29 is 23.5 Å². The number of amides is 1. The molecule has 0 saturated carbocycles. The molecule has 1 unspecified atom stereocenters. The number of hydrogen-bond donors (Lipinski definition) is 0. The molecular weight excluding hydrogens is 369 g/mol. The monoisotopic (exact) mass is 387 g/mol. The highest BCUT2D eigenvalue weighted by atomic mass is 79.9. The minimum Gasteiger partial charge on any atom is -0.469 e. The number of esters is 1. The summed E-state index contributed by atoms with van der Waals surface area (Å²) in [6.07, 6.45) is 1.78. The molecule has 1 amide bonds. The Bertz CT molecular complexity index is 575. The molecule has 0 radical (unpaired) electrons. The Kier molecular flexibility index (Phi) is 6.53. The lowest BCUT2D eigenvalue weighted by molar-refractivity contribution is -0.140. The molecule has 0 N–H and O–H groups in total. The van der Waals surface area contributed by atoms with Crippen molar-refractivity contribution in [1.29, 1.82) is 0 Å². The fraction of sp³-hybridized carbons (Fsp3) is 0.500. The van der Waals surface area contributed by atoms with Crippen LogP contribution in [0.2, 0.25) is 0 Å². The summed E-state index contributed by atoms with van der Waals surface area (Å²) in [5, 5.41) is 0. The molecule has 0 spiro atoms. The van der Waals surface area contributed by atoms with Gasteiger partial charge in [0, 0.05) is 24.2 Å². The first-order valence-corrected chi connectivity index (χ1v) is 8.23. The summed E-state index contributed by atoms with van der Waals surface area (Å²) >= 11 is 3.17. The van der Waals surface area contributed by atoms with Gasteiger partial charge in [0.05, 0.1) is 25.2 Å². The topological polar surface area (TPSA) is 55.8 Å². The second kappa shape index (κ2) is 8.40. The average molecular weight is 388 g/mol. The van der Waals surface area contributed by atoms with Crippen LogP contribution in [0.5, 0.6) is 0 Å². The molecule has 1 saturated heterocycles. The van der Waals surface area contributed by atoms with Crippen LogP contribution in [-0.4, -0.2) is 49.7 Å².